The van der Waals surface area contributed by atoms with E-state index in [1.807, 2.05) is 43.3 Å². The minimum absolute atomic E-state index is 0.137. The number of aryl methyl sites for hydroxylation is 1. The molecule has 5 atom stereocenters. The number of imide groups is 1. The van der Waals surface area contributed by atoms with Crippen molar-refractivity contribution < 1.29 is 23.9 Å². The summed E-state index contributed by atoms with van der Waals surface area (Å²) in [6.45, 7) is 1.45. The number of ether oxygens (including phenoxy) is 1. The summed E-state index contributed by atoms with van der Waals surface area (Å²) in [4.78, 5) is 52.9. The van der Waals surface area contributed by atoms with Gasteiger partial charge in [0.25, 0.3) is 5.91 Å². The van der Waals surface area contributed by atoms with Crippen molar-refractivity contribution in [1.82, 2.24) is 0 Å². The number of carbonyl (C=O) groups excluding carboxylic acids is 4. The molecule has 7 nitrogen and oxygen atoms in total. The highest BCUT2D eigenvalue weighted by Crippen LogP contribution is 2.61. The molecule has 1 N–H and O–H groups in total. The van der Waals surface area contributed by atoms with E-state index < -0.39 is 18.5 Å². The average molecular weight is 509 g/mol. The van der Waals surface area contributed by atoms with Crippen LogP contribution >= 0.6 is 0 Å². The summed E-state index contributed by atoms with van der Waals surface area (Å²) in [6, 6.07) is 23.8. The van der Waals surface area contributed by atoms with Gasteiger partial charge in [0.05, 0.1) is 23.1 Å². The van der Waals surface area contributed by atoms with Gasteiger partial charge in [-0.2, -0.15) is 0 Å². The lowest BCUT2D eigenvalue weighted by atomic mass is 9.73. The predicted octanol–water partition coefficient (Wildman–Crippen LogP) is 4.72. The number of rotatable bonds is 6. The Bertz CT molecular complexity index is 1420. The molecule has 192 valence electrons. The topological polar surface area (TPSA) is 92.8 Å². The minimum Gasteiger partial charge on any atom is -0.452 e. The van der Waals surface area contributed by atoms with Crippen molar-refractivity contribution in [2.24, 2.45) is 23.7 Å². The molecule has 6 rings (SSSR count). The van der Waals surface area contributed by atoms with E-state index in [-0.39, 0.29) is 41.0 Å². The standard InChI is InChI=1S/C31H28N2O5/c1-18-7-5-6-10-25(18)32-26(34)17-38-31(37)20-11-13-22(14-12-20)33-29(35)27-21-15-23(19-8-3-2-4-9-19)24(16-21)28(27)30(33)36/h2-14,21,23-24,27-28H,15-17H2,1H3,(H,32,34)/t21-,23-,24+,27+,28-/m0/s1. The highest BCUT2D eigenvalue weighted by Gasteiger charge is 2.64. The van der Waals surface area contributed by atoms with Crippen LogP contribution in [0.5, 0.6) is 0 Å². The monoisotopic (exact) mass is 508 g/mol. The molecular formula is C31H28N2O5. The van der Waals surface area contributed by atoms with Gasteiger partial charge in [-0.1, -0.05) is 48.5 Å². The summed E-state index contributed by atoms with van der Waals surface area (Å²) < 4.78 is 5.16. The number of carbonyl (C=O) groups is 4. The third kappa shape index (κ3) is 4.08. The minimum atomic E-state index is -0.656. The Hall–Kier alpha value is -4.26. The number of benzene rings is 3. The van der Waals surface area contributed by atoms with Crippen LogP contribution in [0.25, 0.3) is 0 Å². The predicted molar refractivity (Wildman–Crippen MR) is 141 cm³/mol. The van der Waals surface area contributed by atoms with E-state index >= 15 is 0 Å². The van der Waals surface area contributed by atoms with E-state index in [1.54, 1.807) is 18.2 Å². The first-order valence-corrected chi connectivity index (χ1v) is 13.0. The van der Waals surface area contributed by atoms with Crippen LogP contribution in [0.2, 0.25) is 0 Å². The smallest absolute Gasteiger partial charge is 0.338 e. The number of nitrogens with zero attached hydrogens (tertiary/aromatic N) is 1. The van der Waals surface area contributed by atoms with Gasteiger partial charge < -0.3 is 10.1 Å². The lowest BCUT2D eigenvalue weighted by Crippen LogP contribution is -2.33. The molecule has 1 saturated heterocycles. The van der Waals surface area contributed by atoms with Gasteiger partial charge in [-0.3, -0.25) is 19.3 Å². The molecule has 2 bridgehead atoms. The van der Waals surface area contributed by atoms with Crippen LogP contribution in [0.4, 0.5) is 11.4 Å². The number of fused-ring (bicyclic) bond motifs is 5. The molecule has 0 radical (unpaired) electrons. The van der Waals surface area contributed by atoms with Crippen LogP contribution in [0, 0.1) is 30.6 Å². The van der Waals surface area contributed by atoms with Gasteiger partial charge in [0, 0.05) is 5.69 Å². The number of hydrogen-bond acceptors (Lipinski definition) is 5. The molecule has 2 saturated carbocycles. The number of nitrogens with one attached hydrogen (secondary N) is 1. The van der Waals surface area contributed by atoms with Crippen molar-refractivity contribution in [2.45, 2.75) is 25.7 Å². The van der Waals surface area contributed by atoms with Gasteiger partial charge in [-0.25, -0.2) is 4.79 Å². The molecule has 3 aromatic carbocycles. The number of hydrogen-bond donors (Lipinski definition) is 1. The van der Waals surface area contributed by atoms with E-state index in [4.69, 9.17) is 4.74 Å². The van der Waals surface area contributed by atoms with Crippen molar-refractivity contribution in [3.05, 3.63) is 95.6 Å². The van der Waals surface area contributed by atoms with Crippen molar-refractivity contribution in [3.8, 4) is 0 Å². The molecule has 0 unspecified atom stereocenters. The second kappa shape index (κ2) is 9.56. The molecule has 3 aromatic rings. The zero-order valence-electron chi connectivity index (χ0n) is 21.0. The largest absolute Gasteiger partial charge is 0.452 e. The quantitative estimate of drug-likeness (QED) is 0.384. The van der Waals surface area contributed by atoms with E-state index in [1.165, 1.54) is 22.6 Å². The van der Waals surface area contributed by atoms with Crippen molar-refractivity contribution >= 4 is 35.1 Å². The number of amides is 3. The molecule has 3 fully saturated rings. The zero-order chi connectivity index (χ0) is 26.4. The lowest BCUT2D eigenvalue weighted by molar-refractivity contribution is -0.123. The van der Waals surface area contributed by atoms with Crippen LogP contribution in [-0.4, -0.2) is 30.3 Å². The van der Waals surface area contributed by atoms with Crippen LogP contribution in [0.3, 0.4) is 0 Å². The maximum atomic E-state index is 13.5. The van der Waals surface area contributed by atoms with Gasteiger partial charge in [0.2, 0.25) is 11.8 Å². The molecule has 3 amide bonds. The highest BCUT2D eigenvalue weighted by molar-refractivity contribution is 6.22. The SMILES string of the molecule is Cc1ccccc1NC(=O)COC(=O)c1ccc(N2C(=O)[C@@H]3[C@@H]4C[C@@H]([C@@H]3C2=O)[C@H](c2ccccc2)C4)cc1. The summed E-state index contributed by atoms with van der Waals surface area (Å²) in [7, 11) is 0. The second-order valence-electron chi connectivity index (χ2n) is 10.5. The van der Waals surface area contributed by atoms with E-state index in [0.717, 1.165) is 18.4 Å². The van der Waals surface area contributed by atoms with Crippen LogP contribution in [0.15, 0.2) is 78.9 Å². The Morgan fingerprint density at radius 2 is 1.55 bits per heavy atom. The van der Waals surface area contributed by atoms with Crippen molar-refractivity contribution in [3.63, 3.8) is 0 Å². The van der Waals surface area contributed by atoms with E-state index in [0.29, 0.717) is 17.3 Å². The molecule has 7 heteroatoms. The fourth-order valence-electron chi connectivity index (χ4n) is 6.66. The summed E-state index contributed by atoms with van der Waals surface area (Å²) in [5.41, 5.74) is 3.50. The molecule has 0 aromatic heterocycles. The number of para-hydroxylation sites is 1. The van der Waals surface area contributed by atoms with Gasteiger partial charge in [0.15, 0.2) is 6.61 Å². The molecule has 38 heavy (non-hydrogen) atoms. The van der Waals surface area contributed by atoms with Gasteiger partial charge >= 0.3 is 5.97 Å². The Morgan fingerprint density at radius 1 is 0.868 bits per heavy atom. The van der Waals surface area contributed by atoms with Crippen LogP contribution in [0.1, 0.15) is 40.2 Å². The Labute approximate surface area is 220 Å². The fourth-order valence-corrected chi connectivity index (χ4v) is 6.66. The van der Waals surface area contributed by atoms with Crippen LogP contribution in [-0.2, 0) is 19.1 Å². The first kappa shape index (κ1) is 24.1. The highest BCUT2D eigenvalue weighted by atomic mass is 16.5. The Kier molecular flexibility index (Phi) is 6.06. The molecule has 1 heterocycles. The van der Waals surface area contributed by atoms with Crippen molar-refractivity contribution in [2.75, 3.05) is 16.8 Å². The van der Waals surface area contributed by atoms with Gasteiger partial charge in [-0.15, -0.1) is 0 Å². The van der Waals surface area contributed by atoms with E-state index in [9.17, 15) is 19.2 Å². The zero-order valence-corrected chi connectivity index (χ0v) is 21.0. The molecule has 3 aliphatic rings. The Morgan fingerprint density at radius 3 is 2.29 bits per heavy atom. The second-order valence-corrected chi connectivity index (χ2v) is 10.5. The van der Waals surface area contributed by atoms with Crippen molar-refractivity contribution in [1.29, 1.82) is 0 Å². The summed E-state index contributed by atoms with van der Waals surface area (Å²) in [6.07, 6.45) is 1.85. The van der Waals surface area contributed by atoms with Gasteiger partial charge in [0.1, 0.15) is 0 Å². The van der Waals surface area contributed by atoms with Gasteiger partial charge in [-0.05, 0) is 79.0 Å². The number of anilines is 2. The maximum Gasteiger partial charge on any atom is 0.338 e. The molecule has 0 spiro atoms. The molecule has 1 aliphatic heterocycles. The summed E-state index contributed by atoms with van der Waals surface area (Å²) >= 11 is 0. The first-order chi connectivity index (χ1) is 18.4. The maximum absolute atomic E-state index is 13.5. The number of esters is 1. The lowest BCUT2D eigenvalue weighted by Gasteiger charge is -2.28. The van der Waals surface area contributed by atoms with Crippen LogP contribution < -0.4 is 10.2 Å². The third-order valence-electron chi connectivity index (χ3n) is 8.36. The summed E-state index contributed by atoms with van der Waals surface area (Å²) in [5.74, 6) is -1.22. The summed E-state index contributed by atoms with van der Waals surface area (Å²) in [5, 5.41) is 2.72. The normalized spacial score (nSPS) is 25.4. The molecule has 2 aliphatic carbocycles. The Balaban J connectivity index is 1.11. The fraction of sp³-hybridized carbons (Fsp3) is 0.290. The third-order valence-corrected chi connectivity index (χ3v) is 8.36. The van der Waals surface area contributed by atoms with E-state index in [2.05, 4.69) is 17.4 Å². The molecular weight excluding hydrogens is 480 g/mol. The average Bonchev–Trinajstić information content (AvgIpc) is 3.60. The first-order valence-electron chi connectivity index (χ1n) is 13.0.